The molecule has 2 aromatic heterocycles. The van der Waals surface area contributed by atoms with Gasteiger partial charge in [0.05, 0.1) is 5.39 Å². The highest BCUT2D eigenvalue weighted by Crippen LogP contribution is 2.32. The number of aryl methyl sites for hydroxylation is 1. The average Bonchev–Trinajstić information content (AvgIpc) is 2.97. The van der Waals surface area contributed by atoms with Crippen LogP contribution in [0.15, 0.2) is 39.6 Å². The molecule has 0 fully saturated rings. The Labute approximate surface area is 152 Å². The summed E-state index contributed by atoms with van der Waals surface area (Å²) in [6.45, 7) is 4.72. The lowest BCUT2D eigenvalue weighted by Crippen LogP contribution is -2.23. The van der Waals surface area contributed by atoms with Crippen molar-refractivity contribution in [3.05, 3.63) is 45.6 Å². The maximum Gasteiger partial charge on any atom is 0.260 e. The number of carbonyl (C=O) groups excluding carboxylic acids is 2. The molecule has 3 aromatic rings. The molecule has 25 heavy (non-hydrogen) atoms. The quantitative estimate of drug-likeness (QED) is 0.420. The molecule has 0 aliphatic heterocycles. The van der Waals surface area contributed by atoms with Crippen molar-refractivity contribution < 1.29 is 9.59 Å². The number of hydrogen-bond donors (Lipinski definition) is 1. The highest BCUT2D eigenvalue weighted by Gasteiger charge is 2.23. The monoisotopic (exact) mass is 372 g/mol. The van der Waals surface area contributed by atoms with Crippen LogP contribution in [0.25, 0.3) is 21.3 Å². The van der Waals surface area contributed by atoms with Crippen LogP contribution >= 0.6 is 23.1 Å². The third kappa shape index (κ3) is 3.57. The van der Waals surface area contributed by atoms with E-state index in [1.807, 2.05) is 36.6 Å². The summed E-state index contributed by atoms with van der Waals surface area (Å²) in [7, 11) is 0. The van der Waals surface area contributed by atoms with E-state index in [0.29, 0.717) is 10.2 Å². The van der Waals surface area contributed by atoms with Crippen molar-refractivity contribution in [2.45, 2.75) is 31.2 Å². The van der Waals surface area contributed by atoms with Gasteiger partial charge in [-0.15, -0.1) is 11.3 Å². The van der Waals surface area contributed by atoms with Crippen LogP contribution in [0.3, 0.4) is 0 Å². The Hall–Kier alpha value is -2.25. The molecule has 0 atom stereocenters. The normalized spacial score (nSPS) is 11.2. The topological polar surface area (TPSA) is 79.9 Å². The second kappa shape index (κ2) is 6.93. The summed E-state index contributed by atoms with van der Waals surface area (Å²) in [5.74, 6) is -0.515. The SMILES string of the molecule is CC(=O)C(Sc1nc2scc(-c3ccc(C)cc3)c2c(=O)[nH]1)C(C)=O. The van der Waals surface area contributed by atoms with Crippen molar-refractivity contribution in [2.75, 3.05) is 0 Å². The lowest BCUT2D eigenvalue weighted by atomic mass is 10.1. The first-order valence-electron chi connectivity index (χ1n) is 7.63. The van der Waals surface area contributed by atoms with Crippen LogP contribution in [-0.2, 0) is 9.59 Å². The predicted molar refractivity (Wildman–Crippen MR) is 101 cm³/mol. The molecular weight excluding hydrogens is 356 g/mol. The first kappa shape index (κ1) is 17.6. The summed E-state index contributed by atoms with van der Waals surface area (Å²) in [4.78, 5) is 43.5. The first-order valence-corrected chi connectivity index (χ1v) is 9.39. The number of aromatic amines is 1. The molecule has 1 aromatic carbocycles. The van der Waals surface area contributed by atoms with E-state index in [9.17, 15) is 14.4 Å². The lowest BCUT2D eigenvalue weighted by Gasteiger charge is -2.08. The number of aromatic nitrogens is 2. The van der Waals surface area contributed by atoms with Gasteiger partial charge in [0.15, 0.2) is 16.7 Å². The van der Waals surface area contributed by atoms with E-state index in [0.717, 1.165) is 28.5 Å². The van der Waals surface area contributed by atoms with E-state index in [1.54, 1.807) is 0 Å². The molecule has 0 amide bonds. The van der Waals surface area contributed by atoms with Crippen LogP contribution in [0.1, 0.15) is 19.4 Å². The first-order chi connectivity index (χ1) is 11.9. The largest absolute Gasteiger partial charge is 0.301 e. The Balaban J connectivity index is 2.05. The van der Waals surface area contributed by atoms with Crippen LogP contribution in [0.4, 0.5) is 0 Å². The summed E-state index contributed by atoms with van der Waals surface area (Å²) in [5, 5.41) is 1.86. The smallest absolute Gasteiger partial charge is 0.260 e. The minimum absolute atomic E-state index is 0.258. The predicted octanol–water partition coefficient (Wildman–Crippen LogP) is 3.60. The van der Waals surface area contributed by atoms with Gasteiger partial charge in [0.2, 0.25) is 0 Å². The third-order valence-electron chi connectivity index (χ3n) is 3.75. The van der Waals surface area contributed by atoms with Gasteiger partial charge in [-0.2, -0.15) is 0 Å². The second-order valence-electron chi connectivity index (χ2n) is 5.79. The van der Waals surface area contributed by atoms with Crippen molar-refractivity contribution in [1.29, 1.82) is 0 Å². The average molecular weight is 372 g/mol. The van der Waals surface area contributed by atoms with Gasteiger partial charge in [0.25, 0.3) is 5.56 Å². The maximum absolute atomic E-state index is 12.6. The Morgan fingerprint density at radius 2 is 1.80 bits per heavy atom. The van der Waals surface area contributed by atoms with Crippen LogP contribution in [0.5, 0.6) is 0 Å². The van der Waals surface area contributed by atoms with E-state index >= 15 is 0 Å². The minimum Gasteiger partial charge on any atom is -0.301 e. The maximum atomic E-state index is 12.6. The van der Waals surface area contributed by atoms with E-state index in [2.05, 4.69) is 9.97 Å². The molecule has 0 aliphatic carbocycles. The van der Waals surface area contributed by atoms with Gasteiger partial charge < -0.3 is 4.98 Å². The zero-order valence-electron chi connectivity index (χ0n) is 14.0. The number of fused-ring (bicyclic) bond motifs is 1. The van der Waals surface area contributed by atoms with Gasteiger partial charge in [-0.3, -0.25) is 14.4 Å². The second-order valence-corrected chi connectivity index (χ2v) is 7.74. The van der Waals surface area contributed by atoms with Crippen LogP contribution in [-0.4, -0.2) is 26.8 Å². The Kier molecular flexibility index (Phi) is 4.87. The number of hydrogen-bond acceptors (Lipinski definition) is 6. The molecule has 3 rings (SSSR count). The Morgan fingerprint density at radius 3 is 2.40 bits per heavy atom. The number of thioether (sulfide) groups is 1. The highest BCUT2D eigenvalue weighted by atomic mass is 32.2. The summed E-state index contributed by atoms with van der Waals surface area (Å²) in [6, 6.07) is 7.94. The summed E-state index contributed by atoms with van der Waals surface area (Å²) < 4.78 is 0. The fourth-order valence-corrected chi connectivity index (χ4v) is 4.35. The van der Waals surface area contributed by atoms with Gasteiger partial charge in [-0.25, -0.2) is 4.98 Å². The number of rotatable bonds is 5. The number of nitrogens with zero attached hydrogens (tertiary/aromatic N) is 1. The zero-order valence-corrected chi connectivity index (χ0v) is 15.6. The van der Waals surface area contributed by atoms with Crippen molar-refractivity contribution >= 4 is 44.9 Å². The summed E-state index contributed by atoms with van der Waals surface area (Å²) >= 11 is 2.35. The Bertz CT molecular complexity index is 1000. The molecule has 0 unspecified atom stereocenters. The van der Waals surface area contributed by atoms with Crippen LogP contribution < -0.4 is 5.56 Å². The number of nitrogens with one attached hydrogen (secondary N) is 1. The number of benzene rings is 1. The highest BCUT2D eigenvalue weighted by molar-refractivity contribution is 8.01. The summed E-state index contributed by atoms with van der Waals surface area (Å²) in [6.07, 6.45) is 0. The Morgan fingerprint density at radius 1 is 1.16 bits per heavy atom. The van der Waals surface area contributed by atoms with Crippen LogP contribution in [0, 0.1) is 6.92 Å². The molecule has 0 saturated carbocycles. The van der Waals surface area contributed by atoms with Gasteiger partial charge in [0, 0.05) is 10.9 Å². The number of ketones is 2. The zero-order chi connectivity index (χ0) is 18.1. The molecule has 2 heterocycles. The van der Waals surface area contributed by atoms with E-state index in [-0.39, 0.29) is 22.3 Å². The molecule has 0 saturated heterocycles. The van der Waals surface area contributed by atoms with Crippen molar-refractivity contribution in [3.8, 4) is 11.1 Å². The van der Waals surface area contributed by atoms with Crippen LogP contribution in [0.2, 0.25) is 0 Å². The molecule has 128 valence electrons. The molecule has 0 spiro atoms. The standard InChI is InChI=1S/C18H16N2O3S2/c1-9-4-6-12(7-5-9)13-8-24-17-14(13)16(23)19-18(20-17)25-15(10(2)21)11(3)22/h4-8,15H,1-3H3,(H,19,20,23). The number of H-pyrrole nitrogens is 1. The fraction of sp³-hybridized carbons (Fsp3) is 0.222. The van der Waals surface area contributed by atoms with E-state index in [1.165, 1.54) is 25.2 Å². The third-order valence-corrected chi connectivity index (χ3v) is 5.94. The minimum atomic E-state index is -0.850. The van der Waals surface area contributed by atoms with Gasteiger partial charge in [-0.05, 0) is 26.3 Å². The van der Waals surface area contributed by atoms with Crippen molar-refractivity contribution in [3.63, 3.8) is 0 Å². The summed E-state index contributed by atoms with van der Waals surface area (Å²) in [5.41, 5.74) is 2.67. The molecule has 1 N–H and O–H groups in total. The molecule has 0 radical (unpaired) electrons. The fourth-order valence-electron chi connectivity index (χ4n) is 2.49. The van der Waals surface area contributed by atoms with Gasteiger partial charge in [0.1, 0.15) is 10.1 Å². The number of thiophene rings is 1. The molecular formula is C18H16N2O3S2. The van der Waals surface area contributed by atoms with Gasteiger partial charge >= 0.3 is 0 Å². The molecule has 0 aliphatic rings. The van der Waals surface area contributed by atoms with E-state index < -0.39 is 5.25 Å². The van der Waals surface area contributed by atoms with E-state index in [4.69, 9.17) is 0 Å². The van der Waals surface area contributed by atoms with Gasteiger partial charge in [-0.1, -0.05) is 41.6 Å². The molecule has 7 heteroatoms. The number of carbonyl (C=O) groups is 2. The number of Topliss-reactive ketones (excluding diaryl/α,β-unsaturated/α-hetero) is 2. The molecule has 5 nitrogen and oxygen atoms in total. The van der Waals surface area contributed by atoms with Crippen molar-refractivity contribution in [2.24, 2.45) is 0 Å². The lowest BCUT2D eigenvalue weighted by molar-refractivity contribution is -0.123. The van der Waals surface area contributed by atoms with Crippen molar-refractivity contribution in [1.82, 2.24) is 9.97 Å². The molecule has 0 bridgehead atoms.